The second kappa shape index (κ2) is 6.12. The van der Waals surface area contributed by atoms with Crippen LogP contribution >= 0.6 is 0 Å². The highest BCUT2D eigenvalue weighted by atomic mass is 16.2. The van der Waals surface area contributed by atoms with E-state index in [4.69, 9.17) is 5.73 Å². The molecule has 1 aliphatic heterocycles. The molecular formula is C15H29N3O. The zero-order valence-electron chi connectivity index (χ0n) is 12.5. The van der Waals surface area contributed by atoms with E-state index in [0.29, 0.717) is 12.5 Å². The van der Waals surface area contributed by atoms with Crippen LogP contribution in [0.4, 0.5) is 4.79 Å². The minimum atomic E-state index is -0.0630. The third-order valence-corrected chi connectivity index (χ3v) is 4.96. The number of hydrogen-bond acceptors (Lipinski definition) is 2. The van der Waals surface area contributed by atoms with E-state index in [1.165, 1.54) is 19.3 Å². The van der Waals surface area contributed by atoms with Crippen molar-refractivity contribution in [2.45, 2.75) is 57.9 Å². The third kappa shape index (κ3) is 2.88. The van der Waals surface area contributed by atoms with E-state index in [-0.39, 0.29) is 11.6 Å². The smallest absolute Gasteiger partial charge is 0.320 e. The molecule has 0 bridgehead atoms. The number of carbonyl (C=O) groups excluding carboxylic acids is 1. The second-order valence-electron chi connectivity index (χ2n) is 6.36. The van der Waals surface area contributed by atoms with E-state index >= 15 is 0 Å². The summed E-state index contributed by atoms with van der Waals surface area (Å²) in [5.74, 6) is 0.633. The van der Waals surface area contributed by atoms with Gasteiger partial charge in [0.15, 0.2) is 0 Å². The van der Waals surface area contributed by atoms with Crippen molar-refractivity contribution < 1.29 is 4.79 Å². The maximum absolute atomic E-state index is 12.8. The first kappa shape index (κ1) is 14.6. The van der Waals surface area contributed by atoms with Crippen LogP contribution in [0.3, 0.4) is 0 Å². The third-order valence-electron chi connectivity index (χ3n) is 4.96. The summed E-state index contributed by atoms with van der Waals surface area (Å²) < 4.78 is 0. The molecule has 1 atom stereocenters. The average Bonchev–Trinajstić information content (AvgIpc) is 2.89. The summed E-state index contributed by atoms with van der Waals surface area (Å²) in [6.07, 6.45) is 6.95. The molecule has 0 spiro atoms. The van der Waals surface area contributed by atoms with Crippen LogP contribution in [0.1, 0.15) is 52.4 Å². The minimum Gasteiger partial charge on any atom is -0.328 e. The molecule has 1 heterocycles. The number of urea groups is 1. The SMILES string of the molecule is CCN(C(=O)N1CCCC(C)C1)C1(CN)CCCC1. The second-order valence-corrected chi connectivity index (χ2v) is 6.36. The number of hydrogen-bond donors (Lipinski definition) is 1. The number of piperidine rings is 1. The van der Waals surface area contributed by atoms with Gasteiger partial charge in [0.25, 0.3) is 0 Å². The number of likely N-dealkylation sites (tertiary alicyclic amines) is 1. The Bertz CT molecular complexity index is 313. The molecule has 1 saturated heterocycles. The highest BCUT2D eigenvalue weighted by Gasteiger charge is 2.41. The Morgan fingerprint density at radius 2 is 2.05 bits per heavy atom. The molecule has 0 aromatic carbocycles. The van der Waals surface area contributed by atoms with Crippen molar-refractivity contribution in [3.05, 3.63) is 0 Å². The normalized spacial score (nSPS) is 26.5. The predicted molar refractivity (Wildman–Crippen MR) is 78.0 cm³/mol. The van der Waals surface area contributed by atoms with Gasteiger partial charge in [0.05, 0.1) is 5.54 Å². The van der Waals surface area contributed by atoms with Gasteiger partial charge in [-0.2, -0.15) is 0 Å². The number of rotatable bonds is 3. The average molecular weight is 267 g/mol. The Hall–Kier alpha value is -0.770. The van der Waals surface area contributed by atoms with E-state index in [1.54, 1.807) is 0 Å². The maximum atomic E-state index is 12.8. The van der Waals surface area contributed by atoms with Gasteiger partial charge in [-0.25, -0.2) is 4.79 Å². The van der Waals surface area contributed by atoms with Gasteiger partial charge in [0, 0.05) is 26.2 Å². The summed E-state index contributed by atoms with van der Waals surface area (Å²) >= 11 is 0. The molecule has 19 heavy (non-hydrogen) atoms. The molecule has 4 heteroatoms. The number of nitrogens with two attached hydrogens (primary N) is 1. The molecule has 2 fully saturated rings. The van der Waals surface area contributed by atoms with Crippen molar-refractivity contribution in [1.82, 2.24) is 9.80 Å². The standard InChI is InChI=1S/C15H29N3O/c1-3-18(15(12-16)8-4-5-9-15)14(19)17-10-6-7-13(2)11-17/h13H,3-12,16H2,1-2H3. The fraction of sp³-hybridized carbons (Fsp3) is 0.933. The van der Waals surface area contributed by atoms with Crippen LogP contribution in [0.5, 0.6) is 0 Å². The molecular weight excluding hydrogens is 238 g/mol. The van der Waals surface area contributed by atoms with Crippen molar-refractivity contribution in [2.75, 3.05) is 26.2 Å². The minimum absolute atomic E-state index is 0.0630. The van der Waals surface area contributed by atoms with Gasteiger partial charge in [-0.15, -0.1) is 0 Å². The van der Waals surface area contributed by atoms with Crippen LogP contribution in [0, 0.1) is 5.92 Å². The van der Waals surface area contributed by atoms with E-state index in [2.05, 4.69) is 18.7 Å². The van der Waals surface area contributed by atoms with E-state index in [0.717, 1.165) is 38.9 Å². The van der Waals surface area contributed by atoms with Crippen molar-refractivity contribution >= 4 is 6.03 Å². The van der Waals surface area contributed by atoms with Crippen LogP contribution in [-0.4, -0.2) is 47.5 Å². The molecule has 0 radical (unpaired) electrons. The molecule has 110 valence electrons. The van der Waals surface area contributed by atoms with E-state index < -0.39 is 0 Å². The van der Waals surface area contributed by atoms with Gasteiger partial charge in [-0.05, 0) is 38.5 Å². The van der Waals surface area contributed by atoms with Crippen molar-refractivity contribution in [3.8, 4) is 0 Å². The zero-order chi connectivity index (χ0) is 13.9. The van der Waals surface area contributed by atoms with Gasteiger partial charge in [-0.1, -0.05) is 19.8 Å². The fourth-order valence-electron chi connectivity index (χ4n) is 3.82. The Kier molecular flexibility index (Phi) is 4.71. The van der Waals surface area contributed by atoms with Crippen LogP contribution in [0.15, 0.2) is 0 Å². The largest absolute Gasteiger partial charge is 0.328 e. The number of likely N-dealkylation sites (N-methyl/N-ethyl adjacent to an activating group) is 1. The molecule has 2 N–H and O–H groups in total. The highest BCUT2D eigenvalue weighted by molar-refractivity contribution is 5.75. The van der Waals surface area contributed by atoms with Crippen LogP contribution < -0.4 is 5.73 Å². The molecule has 2 aliphatic rings. The Labute approximate surface area is 117 Å². The predicted octanol–water partition coefficient (Wildman–Crippen LogP) is 2.43. The maximum Gasteiger partial charge on any atom is 0.320 e. The van der Waals surface area contributed by atoms with Gasteiger partial charge in [0.1, 0.15) is 0 Å². The van der Waals surface area contributed by atoms with Gasteiger partial charge in [0.2, 0.25) is 0 Å². The topological polar surface area (TPSA) is 49.6 Å². The van der Waals surface area contributed by atoms with Gasteiger partial charge < -0.3 is 15.5 Å². The first-order valence-corrected chi connectivity index (χ1v) is 7.89. The summed E-state index contributed by atoms with van der Waals surface area (Å²) in [5.41, 5.74) is 5.96. The summed E-state index contributed by atoms with van der Waals surface area (Å²) in [7, 11) is 0. The van der Waals surface area contributed by atoms with Crippen LogP contribution in [-0.2, 0) is 0 Å². The Morgan fingerprint density at radius 3 is 2.58 bits per heavy atom. The highest BCUT2D eigenvalue weighted by Crippen LogP contribution is 2.35. The lowest BCUT2D eigenvalue weighted by atomic mass is 9.95. The molecule has 1 aliphatic carbocycles. The van der Waals surface area contributed by atoms with Crippen LogP contribution in [0.2, 0.25) is 0 Å². The molecule has 1 saturated carbocycles. The lowest BCUT2D eigenvalue weighted by Crippen LogP contribution is -2.59. The summed E-state index contributed by atoms with van der Waals surface area (Å²) in [5, 5.41) is 0. The van der Waals surface area contributed by atoms with E-state index in [1.807, 2.05) is 4.90 Å². The molecule has 1 unspecified atom stereocenters. The van der Waals surface area contributed by atoms with Crippen molar-refractivity contribution in [2.24, 2.45) is 11.7 Å². The van der Waals surface area contributed by atoms with Crippen molar-refractivity contribution in [1.29, 1.82) is 0 Å². The Morgan fingerprint density at radius 1 is 1.37 bits per heavy atom. The summed E-state index contributed by atoms with van der Waals surface area (Å²) in [6.45, 7) is 7.54. The quantitative estimate of drug-likeness (QED) is 0.854. The molecule has 0 aromatic heterocycles. The number of amides is 2. The zero-order valence-corrected chi connectivity index (χ0v) is 12.5. The summed E-state index contributed by atoms with van der Waals surface area (Å²) in [6, 6.07) is 0.224. The number of nitrogens with zero attached hydrogens (tertiary/aromatic N) is 2. The lowest BCUT2D eigenvalue weighted by molar-refractivity contribution is 0.0815. The first-order valence-electron chi connectivity index (χ1n) is 7.89. The Balaban J connectivity index is 2.09. The lowest BCUT2D eigenvalue weighted by Gasteiger charge is -2.44. The van der Waals surface area contributed by atoms with Gasteiger partial charge in [-0.3, -0.25) is 0 Å². The van der Waals surface area contributed by atoms with Crippen molar-refractivity contribution in [3.63, 3.8) is 0 Å². The monoisotopic (exact) mass is 267 g/mol. The molecule has 0 aromatic rings. The number of carbonyl (C=O) groups is 1. The first-order chi connectivity index (χ1) is 9.13. The molecule has 4 nitrogen and oxygen atoms in total. The van der Waals surface area contributed by atoms with Gasteiger partial charge >= 0.3 is 6.03 Å². The van der Waals surface area contributed by atoms with Crippen LogP contribution in [0.25, 0.3) is 0 Å². The fourth-order valence-corrected chi connectivity index (χ4v) is 3.82. The molecule has 2 rings (SSSR count). The summed E-state index contributed by atoms with van der Waals surface area (Å²) in [4.78, 5) is 16.9. The molecule has 2 amide bonds. The van der Waals surface area contributed by atoms with E-state index in [9.17, 15) is 4.79 Å².